The lowest BCUT2D eigenvalue weighted by Crippen LogP contribution is -2.60. The Kier molecular flexibility index (Phi) is 2.94. The zero-order valence-electron chi connectivity index (χ0n) is 10.4. The smallest absolute Gasteiger partial charge is 0.279 e. The number of amides is 3. The van der Waals surface area contributed by atoms with E-state index in [-0.39, 0.29) is 30.9 Å². The Morgan fingerprint density at radius 1 is 1.35 bits per heavy atom. The molecule has 1 fully saturated rings. The fourth-order valence-electron chi connectivity index (χ4n) is 2.53. The number of imide groups is 1. The van der Waals surface area contributed by atoms with Crippen molar-refractivity contribution in [2.75, 3.05) is 0 Å². The quantitative estimate of drug-likeness (QED) is 0.610. The minimum absolute atomic E-state index is 0.0130. The molecular formula is C12H12N4O4. The standard InChI is InChI=1S/C12H12N4O4/c17-8-2-1-7(11(19)15-8)16-9(18)3-6-4-13-5-14-10(6)12(16)20/h4-5,7,11,19H,1-3H2,(H,15,17). The predicted octanol–water partition coefficient (Wildman–Crippen LogP) is -1.40. The van der Waals surface area contributed by atoms with Crippen molar-refractivity contribution in [1.82, 2.24) is 20.2 Å². The number of carbonyl (C=O) groups excluding carboxylic acids is 3. The van der Waals surface area contributed by atoms with Crippen molar-refractivity contribution in [2.24, 2.45) is 0 Å². The van der Waals surface area contributed by atoms with Gasteiger partial charge in [-0.05, 0) is 6.42 Å². The molecule has 3 amide bonds. The molecule has 2 unspecified atom stereocenters. The summed E-state index contributed by atoms with van der Waals surface area (Å²) in [5.74, 6) is -1.27. The number of fused-ring (bicyclic) bond motifs is 1. The van der Waals surface area contributed by atoms with Crippen LogP contribution in [0.5, 0.6) is 0 Å². The zero-order valence-corrected chi connectivity index (χ0v) is 10.4. The van der Waals surface area contributed by atoms with Gasteiger partial charge in [0.1, 0.15) is 18.2 Å². The van der Waals surface area contributed by atoms with Gasteiger partial charge in [-0.15, -0.1) is 0 Å². The molecule has 3 rings (SSSR count). The van der Waals surface area contributed by atoms with Crippen LogP contribution in [0.25, 0.3) is 0 Å². The number of aliphatic hydroxyl groups excluding tert-OH is 1. The number of hydrogen-bond acceptors (Lipinski definition) is 6. The molecule has 0 spiro atoms. The van der Waals surface area contributed by atoms with Gasteiger partial charge in [0.2, 0.25) is 11.8 Å². The molecule has 1 saturated heterocycles. The fourth-order valence-corrected chi connectivity index (χ4v) is 2.53. The van der Waals surface area contributed by atoms with Crippen LogP contribution in [0.1, 0.15) is 28.9 Å². The number of nitrogens with one attached hydrogen (secondary N) is 1. The monoisotopic (exact) mass is 276 g/mol. The van der Waals surface area contributed by atoms with E-state index < -0.39 is 24.1 Å². The Balaban J connectivity index is 1.93. The van der Waals surface area contributed by atoms with E-state index in [1.54, 1.807) is 0 Å². The average molecular weight is 276 g/mol. The van der Waals surface area contributed by atoms with E-state index in [9.17, 15) is 19.5 Å². The van der Waals surface area contributed by atoms with Gasteiger partial charge in [-0.1, -0.05) is 0 Å². The Morgan fingerprint density at radius 3 is 2.90 bits per heavy atom. The fraction of sp³-hybridized carbons (Fsp3) is 0.417. The molecule has 2 atom stereocenters. The van der Waals surface area contributed by atoms with Crippen LogP contribution in [0.4, 0.5) is 0 Å². The largest absolute Gasteiger partial charge is 0.372 e. The summed E-state index contributed by atoms with van der Waals surface area (Å²) in [5.41, 5.74) is 0.650. The van der Waals surface area contributed by atoms with Crippen molar-refractivity contribution >= 4 is 17.7 Å². The first-order valence-electron chi connectivity index (χ1n) is 6.20. The zero-order chi connectivity index (χ0) is 14.3. The molecule has 0 aromatic carbocycles. The van der Waals surface area contributed by atoms with Gasteiger partial charge in [-0.3, -0.25) is 19.3 Å². The van der Waals surface area contributed by atoms with Crippen LogP contribution < -0.4 is 5.32 Å². The molecule has 104 valence electrons. The van der Waals surface area contributed by atoms with Crippen LogP contribution in [-0.2, 0) is 16.0 Å². The van der Waals surface area contributed by atoms with E-state index in [1.807, 2.05) is 0 Å². The van der Waals surface area contributed by atoms with Crippen molar-refractivity contribution in [3.8, 4) is 0 Å². The summed E-state index contributed by atoms with van der Waals surface area (Å²) in [7, 11) is 0. The van der Waals surface area contributed by atoms with Gasteiger partial charge in [0.15, 0.2) is 0 Å². The van der Waals surface area contributed by atoms with Crippen molar-refractivity contribution < 1.29 is 19.5 Å². The number of aliphatic hydroxyl groups is 1. The summed E-state index contributed by atoms with van der Waals surface area (Å²) < 4.78 is 0. The summed E-state index contributed by atoms with van der Waals surface area (Å²) >= 11 is 0. The highest BCUT2D eigenvalue weighted by molar-refractivity contribution is 6.08. The Hall–Kier alpha value is -2.35. The summed E-state index contributed by atoms with van der Waals surface area (Å²) in [5, 5.41) is 12.2. The minimum Gasteiger partial charge on any atom is -0.372 e. The molecule has 8 nitrogen and oxygen atoms in total. The van der Waals surface area contributed by atoms with Crippen molar-refractivity contribution in [2.45, 2.75) is 31.5 Å². The Labute approximate surface area is 113 Å². The molecule has 2 aliphatic rings. The molecule has 20 heavy (non-hydrogen) atoms. The summed E-state index contributed by atoms with van der Waals surface area (Å²) in [6.07, 6.45) is 1.85. The van der Waals surface area contributed by atoms with Gasteiger partial charge in [-0.2, -0.15) is 0 Å². The maximum Gasteiger partial charge on any atom is 0.279 e. The Bertz CT molecular complexity index is 603. The number of piperidine rings is 1. The third kappa shape index (κ3) is 1.94. The van der Waals surface area contributed by atoms with Gasteiger partial charge in [0.25, 0.3) is 5.91 Å². The normalized spacial score (nSPS) is 26.2. The molecule has 1 aromatic heterocycles. The third-order valence-electron chi connectivity index (χ3n) is 3.49. The van der Waals surface area contributed by atoms with Crippen LogP contribution in [0, 0.1) is 0 Å². The highest BCUT2D eigenvalue weighted by Gasteiger charge is 2.42. The predicted molar refractivity (Wildman–Crippen MR) is 64.1 cm³/mol. The first-order valence-corrected chi connectivity index (χ1v) is 6.20. The molecule has 2 N–H and O–H groups in total. The number of hydrogen-bond donors (Lipinski definition) is 2. The molecule has 8 heteroatoms. The molecule has 0 radical (unpaired) electrons. The topological polar surface area (TPSA) is 112 Å². The molecule has 0 aliphatic carbocycles. The van der Waals surface area contributed by atoms with Gasteiger partial charge >= 0.3 is 0 Å². The van der Waals surface area contributed by atoms with E-state index in [0.29, 0.717) is 5.56 Å². The van der Waals surface area contributed by atoms with Gasteiger partial charge < -0.3 is 10.4 Å². The molecule has 3 heterocycles. The second-order valence-electron chi connectivity index (χ2n) is 4.76. The lowest BCUT2D eigenvalue weighted by Gasteiger charge is -2.38. The van der Waals surface area contributed by atoms with E-state index in [1.165, 1.54) is 12.5 Å². The number of rotatable bonds is 1. The number of aromatic nitrogens is 2. The van der Waals surface area contributed by atoms with Crippen molar-refractivity contribution in [1.29, 1.82) is 0 Å². The van der Waals surface area contributed by atoms with Crippen LogP contribution in [-0.4, -0.2) is 50.0 Å². The molecular weight excluding hydrogens is 264 g/mol. The van der Waals surface area contributed by atoms with E-state index in [2.05, 4.69) is 15.3 Å². The first-order chi connectivity index (χ1) is 9.58. The number of nitrogens with zero attached hydrogens (tertiary/aromatic N) is 3. The molecule has 0 saturated carbocycles. The SMILES string of the molecule is O=C1CCC(N2C(=O)Cc3cncnc3C2=O)C(O)N1. The average Bonchev–Trinajstić information content (AvgIpc) is 2.41. The second kappa shape index (κ2) is 4.64. The minimum atomic E-state index is -1.24. The maximum atomic E-state index is 12.3. The van der Waals surface area contributed by atoms with E-state index in [0.717, 1.165) is 4.90 Å². The van der Waals surface area contributed by atoms with Crippen LogP contribution in [0.2, 0.25) is 0 Å². The van der Waals surface area contributed by atoms with Gasteiger partial charge in [0, 0.05) is 18.2 Å². The van der Waals surface area contributed by atoms with Crippen LogP contribution in [0.3, 0.4) is 0 Å². The number of carbonyl (C=O) groups is 3. The highest BCUT2D eigenvalue weighted by atomic mass is 16.3. The molecule has 0 bridgehead atoms. The Morgan fingerprint density at radius 2 is 2.15 bits per heavy atom. The van der Waals surface area contributed by atoms with Crippen molar-refractivity contribution in [3.05, 3.63) is 23.8 Å². The second-order valence-corrected chi connectivity index (χ2v) is 4.76. The third-order valence-corrected chi connectivity index (χ3v) is 3.49. The van der Waals surface area contributed by atoms with Crippen LogP contribution >= 0.6 is 0 Å². The summed E-state index contributed by atoms with van der Waals surface area (Å²) in [6.45, 7) is 0. The van der Waals surface area contributed by atoms with E-state index in [4.69, 9.17) is 0 Å². The van der Waals surface area contributed by atoms with Crippen LogP contribution in [0.15, 0.2) is 12.5 Å². The van der Waals surface area contributed by atoms with E-state index >= 15 is 0 Å². The molecule has 1 aromatic rings. The summed E-state index contributed by atoms with van der Waals surface area (Å²) in [6, 6.07) is -0.754. The maximum absolute atomic E-state index is 12.3. The molecule has 2 aliphatic heterocycles. The van der Waals surface area contributed by atoms with Crippen molar-refractivity contribution in [3.63, 3.8) is 0 Å². The highest BCUT2D eigenvalue weighted by Crippen LogP contribution is 2.23. The summed E-state index contributed by atoms with van der Waals surface area (Å²) in [4.78, 5) is 44.3. The van der Waals surface area contributed by atoms with Gasteiger partial charge in [0.05, 0.1) is 12.5 Å². The lowest BCUT2D eigenvalue weighted by molar-refractivity contribution is -0.139. The first kappa shape index (κ1) is 12.7. The van der Waals surface area contributed by atoms with Gasteiger partial charge in [-0.25, -0.2) is 9.97 Å². The lowest BCUT2D eigenvalue weighted by atomic mass is 9.98.